The molecule has 0 saturated heterocycles. The zero-order chi connectivity index (χ0) is 12.5. The smallest absolute Gasteiger partial charge is 0.231 e. The minimum absolute atomic E-state index is 0.00227. The van der Waals surface area contributed by atoms with E-state index < -0.39 is 0 Å². The molecule has 0 unspecified atom stereocenters. The minimum Gasteiger partial charge on any atom is -0.329 e. The summed E-state index contributed by atoms with van der Waals surface area (Å²) in [5.41, 5.74) is 7.01. The molecule has 0 atom stereocenters. The predicted octanol–water partition coefficient (Wildman–Crippen LogP) is 2.72. The molecule has 4 heteroatoms. The molecule has 1 fully saturated rings. The summed E-state index contributed by atoms with van der Waals surface area (Å²) >= 11 is 6.08. The fourth-order valence-electron chi connectivity index (χ4n) is 2.16. The lowest BCUT2D eigenvalue weighted by Crippen LogP contribution is -2.47. The Morgan fingerprint density at radius 1 is 1.53 bits per heavy atom. The van der Waals surface area contributed by atoms with E-state index in [0.29, 0.717) is 17.3 Å². The third-order valence-corrected chi connectivity index (χ3v) is 3.96. The molecule has 17 heavy (non-hydrogen) atoms. The number of anilines is 1. The number of benzene rings is 1. The second kappa shape index (κ2) is 4.67. The van der Waals surface area contributed by atoms with Crippen LogP contribution in [0.1, 0.15) is 24.8 Å². The second-order valence-electron chi connectivity index (χ2n) is 4.72. The SMILES string of the molecule is Cc1cccc(Cl)c1NC(=O)C1(CN)CCC1. The van der Waals surface area contributed by atoms with E-state index in [9.17, 15) is 4.79 Å². The first-order chi connectivity index (χ1) is 8.09. The highest BCUT2D eigenvalue weighted by Gasteiger charge is 2.43. The van der Waals surface area contributed by atoms with Crippen LogP contribution in [0.25, 0.3) is 0 Å². The Morgan fingerprint density at radius 3 is 2.71 bits per heavy atom. The minimum atomic E-state index is -0.369. The Hall–Kier alpha value is -1.06. The standard InChI is InChI=1S/C13H17ClN2O/c1-9-4-2-5-10(14)11(9)16-12(17)13(8-15)6-3-7-13/h2,4-5H,3,6-8,15H2,1H3,(H,16,17). The molecular formula is C13H17ClN2O. The van der Waals surface area contributed by atoms with Crippen molar-refractivity contribution in [3.63, 3.8) is 0 Å². The first kappa shape index (κ1) is 12.4. The van der Waals surface area contributed by atoms with Gasteiger partial charge in [0.25, 0.3) is 0 Å². The summed E-state index contributed by atoms with van der Waals surface area (Å²) in [6, 6.07) is 5.58. The maximum Gasteiger partial charge on any atom is 0.231 e. The molecule has 1 aliphatic carbocycles. The number of carbonyl (C=O) groups is 1. The van der Waals surface area contributed by atoms with Crippen molar-refractivity contribution >= 4 is 23.2 Å². The number of rotatable bonds is 3. The first-order valence-corrected chi connectivity index (χ1v) is 6.23. The van der Waals surface area contributed by atoms with Gasteiger partial charge in [-0.1, -0.05) is 30.2 Å². The number of hydrogen-bond donors (Lipinski definition) is 2. The van der Waals surface area contributed by atoms with Crippen LogP contribution in [0.15, 0.2) is 18.2 Å². The highest BCUT2D eigenvalue weighted by atomic mass is 35.5. The summed E-state index contributed by atoms with van der Waals surface area (Å²) in [5, 5.41) is 3.50. The lowest BCUT2D eigenvalue weighted by Gasteiger charge is -2.39. The quantitative estimate of drug-likeness (QED) is 0.869. The van der Waals surface area contributed by atoms with Crippen LogP contribution in [-0.4, -0.2) is 12.5 Å². The molecule has 0 bridgehead atoms. The summed E-state index contributed by atoms with van der Waals surface area (Å²) in [6.07, 6.45) is 2.82. The van der Waals surface area contributed by atoms with Crippen LogP contribution >= 0.6 is 11.6 Å². The van der Waals surface area contributed by atoms with E-state index in [1.54, 1.807) is 6.07 Å². The van der Waals surface area contributed by atoms with Crippen molar-refractivity contribution < 1.29 is 4.79 Å². The number of halogens is 1. The van der Waals surface area contributed by atoms with Crippen LogP contribution in [-0.2, 0) is 4.79 Å². The summed E-state index contributed by atoms with van der Waals surface area (Å²) in [7, 11) is 0. The molecule has 0 heterocycles. The van der Waals surface area contributed by atoms with Gasteiger partial charge in [0.1, 0.15) is 0 Å². The summed E-state index contributed by atoms with van der Waals surface area (Å²) in [6.45, 7) is 2.33. The number of carbonyl (C=O) groups excluding carboxylic acids is 1. The molecule has 3 nitrogen and oxygen atoms in total. The van der Waals surface area contributed by atoms with Crippen molar-refractivity contribution in [3.8, 4) is 0 Å². The number of para-hydroxylation sites is 1. The highest BCUT2D eigenvalue weighted by Crippen LogP contribution is 2.41. The normalized spacial score (nSPS) is 17.4. The van der Waals surface area contributed by atoms with E-state index >= 15 is 0 Å². The van der Waals surface area contributed by atoms with Crippen molar-refractivity contribution in [1.82, 2.24) is 0 Å². The Balaban J connectivity index is 2.18. The zero-order valence-electron chi connectivity index (χ0n) is 9.92. The van der Waals surface area contributed by atoms with Gasteiger partial charge < -0.3 is 11.1 Å². The van der Waals surface area contributed by atoms with Gasteiger partial charge in [-0.15, -0.1) is 0 Å². The number of nitrogens with two attached hydrogens (primary N) is 1. The fraction of sp³-hybridized carbons (Fsp3) is 0.462. The van der Waals surface area contributed by atoms with Gasteiger partial charge in [0, 0.05) is 6.54 Å². The lowest BCUT2D eigenvalue weighted by atomic mass is 9.68. The molecule has 1 aliphatic rings. The maximum atomic E-state index is 12.2. The molecule has 1 aromatic carbocycles. The maximum absolute atomic E-state index is 12.2. The van der Waals surface area contributed by atoms with Crippen LogP contribution in [0.3, 0.4) is 0 Å². The second-order valence-corrected chi connectivity index (χ2v) is 5.13. The van der Waals surface area contributed by atoms with E-state index in [2.05, 4.69) is 5.32 Å². The Bertz CT molecular complexity index is 415. The van der Waals surface area contributed by atoms with Crippen molar-refractivity contribution in [2.75, 3.05) is 11.9 Å². The van der Waals surface area contributed by atoms with Gasteiger partial charge in [-0.2, -0.15) is 0 Å². The highest BCUT2D eigenvalue weighted by molar-refractivity contribution is 6.34. The van der Waals surface area contributed by atoms with E-state index in [0.717, 1.165) is 24.8 Å². The third kappa shape index (κ3) is 2.17. The molecule has 0 aliphatic heterocycles. The van der Waals surface area contributed by atoms with Crippen molar-refractivity contribution in [2.45, 2.75) is 26.2 Å². The monoisotopic (exact) mass is 252 g/mol. The molecule has 0 radical (unpaired) electrons. The van der Waals surface area contributed by atoms with Gasteiger partial charge in [0.15, 0.2) is 0 Å². The molecule has 2 rings (SSSR count). The number of amides is 1. The third-order valence-electron chi connectivity index (χ3n) is 3.64. The first-order valence-electron chi connectivity index (χ1n) is 5.86. The van der Waals surface area contributed by atoms with Crippen molar-refractivity contribution in [3.05, 3.63) is 28.8 Å². The molecular weight excluding hydrogens is 236 g/mol. The molecule has 1 saturated carbocycles. The Morgan fingerprint density at radius 2 is 2.24 bits per heavy atom. The van der Waals surface area contributed by atoms with Crippen LogP contribution in [0.5, 0.6) is 0 Å². The number of nitrogens with one attached hydrogen (secondary N) is 1. The van der Waals surface area contributed by atoms with Crippen LogP contribution in [0, 0.1) is 12.3 Å². The summed E-state index contributed by atoms with van der Waals surface area (Å²) in [5.74, 6) is 0.00227. The molecule has 1 aromatic rings. The zero-order valence-corrected chi connectivity index (χ0v) is 10.7. The Kier molecular flexibility index (Phi) is 3.40. The summed E-state index contributed by atoms with van der Waals surface area (Å²) in [4.78, 5) is 12.2. The van der Waals surface area contributed by atoms with E-state index in [1.807, 2.05) is 19.1 Å². The van der Waals surface area contributed by atoms with Crippen LogP contribution in [0.4, 0.5) is 5.69 Å². The van der Waals surface area contributed by atoms with Crippen molar-refractivity contribution in [2.24, 2.45) is 11.1 Å². The van der Waals surface area contributed by atoms with Gasteiger partial charge in [0.05, 0.1) is 16.1 Å². The van der Waals surface area contributed by atoms with E-state index in [4.69, 9.17) is 17.3 Å². The number of aryl methyl sites for hydroxylation is 1. The predicted molar refractivity (Wildman–Crippen MR) is 70.2 cm³/mol. The fourth-order valence-corrected chi connectivity index (χ4v) is 2.43. The molecule has 0 spiro atoms. The van der Waals surface area contributed by atoms with Gasteiger partial charge >= 0.3 is 0 Å². The molecule has 3 N–H and O–H groups in total. The van der Waals surface area contributed by atoms with Crippen LogP contribution < -0.4 is 11.1 Å². The number of hydrogen-bond acceptors (Lipinski definition) is 2. The van der Waals surface area contributed by atoms with Crippen molar-refractivity contribution in [1.29, 1.82) is 0 Å². The van der Waals surface area contributed by atoms with E-state index in [-0.39, 0.29) is 11.3 Å². The van der Waals surface area contributed by atoms with Gasteiger partial charge in [0.2, 0.25) is 5.91 Å². The Labute approximate surface area is 106 Å². The lowest BCUT2D eigenvalue weighted by molar-refractivity contribution is -0.129. The van der Waals surface area contributed by atoms with Gasteiger partial charge in [-0.3, -0.25) is 4.79 Å². The average Bonchev–Trinajstić information content (AvgIpc) is 2.23. The van der Waals surface area contributed by atoms with Gasteiger partial charge in [-0.25, -0.2) is 0 Å². The van der Waals surface area contributed by atoms with E-state index in [1.165, 1.54) is 0 Å². The summed E-state index contributed by atoms with van der Waals surface area (Å²) < 4.78 is 0. The molecule has 0 aromatic heterocycles. The van der Waals surface area contributed by atoms with Crippen LogP contribution in [0.2, 0.25) is 5.02 Å². The molecule has 92 valence electrons. The topological polar surface area (TPSA) is 55.1 Å². The average molecular weight is 253 g/mol. The largest absolute Gasteiger partial charge is 0.329 e. The van der Waals surface area contributed by atoms with Gasteiger partial charge in [-0.05, 0) is 31.4 Å². The molecule has 1 amide bonds.